The molecule has 0 spiro atoms. The first kappa shape index (κ1) is 17.1. The molecular weight excluding hydrogens is 362 g/mol. The number of aromatic nitrogens is 6. The zero-order valence-corrected chi connectivity index (χ0v) is 14.3. The van der Waals surface area contributed by atoms with Crippen LogP contribution in [0.5, 0.6) is 0 Å². The zero-order valence-electron chi connectivity index (χ0n) is 14.3. The number of benzene rings is 1. The van der Waals surface area contributed by atoms with Crippen LogP contribution in [0.1, 0.15) is 10.4 Å². The van der Waals surface area contributed by atoms with Gasteiger partial charge in [-0.3, -0.25) is 14.2 Å². The van der Waals surface area contributed by atoms with E-state index in [2.05, 4.69) is 25.3 Å². The van der Waals surface area contributed by atoms with Gasteiger partial charge in [-0.15, -0.1) is 0 Å². The molecule has 1 amide bonds. The summed E-state index contributed by atoms with van der Waals surface area (Å²) < 4.78 is 2.53. The normalized spacial score (nSPS) is 10.6. The summed E-state index contributed by atoms with van der Waals surface area (Å²) in [7, 11) is 0. The SMILES string of the molecule is O=C(Nc1cc(-n2ccnc2)ncn1)c1c[nH]c(=O)n(-c2ccccc2)c1=O. The van der Waals surface area contributed by atoms with Crippen molar-refractivity contribution in [2.24, 2.45) is 0 Å². The molecule has 0 aliphatic rings. The Bertz CT molecular complexity index is 1240. The van der Waals surface area contributed by atoms with Crippen molar-refractivity contribution in [1.82, 2.24) is 29.1 Å². The molecule has 0 radical (unpaired) electrons. The summed E-state index contributed by atoms with van der Waals surface area (Å²) in [6.07, 6.45) is 7.19. The van der Waals surface area contributed by atoms with Crippen molar-refractivity contribution >= 4 is 11.7 Å². The monoisotopic (exact) mass is 375 g/mol. The maximum absolute atomic E-state index is 12.7. The second-order valence-electron chi connectivity index (χ2n) is 5.67. The molecule has 0 fully saturated rings. The highest BCUT2D eigenvalue weighted by Gasteiger charge is 2.16. The smallest absolute Gasteiger partial charge is 0.313 e. The maximum atomic E-state index is 12.7. The van der Waals surface area contributed by atoms with Crippen LogP contribution in [0.3, 0.4) is 0 Å². The predicted octanol–water partition coefficient (Wildman–Crippen LogP) is 0.754. The van der Waals surface area contributed by atoms with Gasteiger partial charge in [-0.2, -0.15) is 0 Å². The Morgan fingerprint density at radius 3 is 2.68 bits per heavy atom. The van der Waals surface area contributed by atoms with Crippen molar-refractivity contribution < 1.29 is 4.79 Å². The summed E-state index contributed by atoms with van der Waals surface area (Å²) in [6.45, 7) is 0. The van der Waals surface area contributed by atoms with E-state index in [4.69, 9.17) is 0 Å². The number of imidazole rings is 1. The summed E-state index contributed by atoms with van der Waals surface area (Å²) in [4.78, 5) is 51.8. The molecule has 1 aromatic carbocycles. The molecule has 4 aromatic rings. The van der Waals surface area contributed by atoms with Crippen LogP contribution in [-0.4, -0.2) is 35.0 Å². The predicted molar refractivity (Wildman–Crippen MR) is 99.8 cm³/mol. The summed E-state index contributed by atoms with van der Waals surface area (Å²) in [5, 5.41) is 2.54. The second-order valence-corrected chi connectivity index (χ2v) is 5.67. The number of rotatable bonds is 4. The number of carbonyl (C=O) groups is 1. The Kier molecular flexibility index (Phi) is 4.34. The molecule has 3 aromatic heterocycles. The highest BCUT2D eigenvalue weighted by Crippen LogP contribution is 2.09. The Morgan fingerprint density at radius 2 is 1.93 bits per heavy atom. The number of aromatic amines is 1. The zero-order chi connectivity index (χ0) is 19.5. The van der Waals surface area contributed by atoms with Crippen LogP contribution in [0.15, 0.2) is 77.2 Å². The molecule has 0 bridgehead atoms. The van der Waals surface area contributed by atoms with E-state index in [1.165, 1.54) is 12.4 Å². The lowest BCUT2D eigenvalue weighted by Gasteiger charge is -2.08. The molecule has 28 heavy (non-hydrogen) atoms. The number of hydrogen-bond donors (Lipinski definition) is 2. The van der Waals surface area contributed by atoms with E-state index >= 15 is 0 Å². The summed E-state index contributed by atoms with van der Waals surface area (Å²) >= 11 is 0. The molecule has 4 rings (SSSR count). The number of H-pyrrole nitrogens is 1. The van der Waals surface area contributed by atoms with Gasteiger partial charge in [0.1, 0.15) is 29.9 Å². The van der Waals surface area contributed by atoms with Gasteiger partial charge in [-0.25, -0.2) is 24.3 Å². The van der Waals surface area contributed by atoms with E-state index in [0.29, 0.717) is 11.5 Å². The first-order valence-corrected chi connectivity index (χ1v) is 8.15. The largest absolute Gasteiger partial charge is 0.333 e. The lowest BCUT2D eigenvalue weighted by atomic mass is 10.2. The number of para-hydroxylation sites is 1. The van der Waals surface area contributed by atoms with Crippen LogP contribution < -0.4 is 16.6 Å². The van der Waals surface area contributed by atoms with Gasteiger partial charge in [0, 0.05) is 24.7 Å². The molecule has 10 nitrogen and oxygen atoms in total. The average molecular weight is 375 g/mol. The number of amides is 1. The van der Waals surface area contributed by atoms with Crippen LogP contribution in [0, 0.1) is 0 Å². The molecule has 3 heterocycles. The first-order chi connectivity index (χ1) is 13.6. The Hall–Kier alpha value is -4.34. The van der Waals surface area contributed by atoms with Gasteiger partial charge in [0.2, 0.25) is 0 Å². The minimum atomic E-state index is -0.740. The lowest BCUT2D eigenvalue weighted by molar-refractivity contribution is 0.102. The molecule has 2 N–H and O–H groups in total. The van der Waals surface area contributed by atoms with E-state index in [1.807, 2.05) is 0 Å². The fraction of sp³-hybridized carbons (Fsp3) is 0. The Morgan fingerprint density at radius 1 is 1.11 bits per heavy atom. The fourth-order valence-corrected chi connectivity index (χ4v) is 2.58. The van der Waals surface area contributed by atoms with Crippen molar-refractivity contribution in [3.63, 3.8) is 0 Å². The third-order valence-electron chi connectivity index (χ3n) is 3.90. The van der Waals surface area contributed by atoms with Gasteiger partial charge >= 0.3 is 5.69 Å². The maximum Gasteiger partial charge on any atom is 0.333 e. The molecule has 0 unspecified atom stereocenters. The minimum Gasteiger partial charge on any atom is -0.313 e. The van der Waals surface area contributed by atoms with E-state index < -0.39 is 17.2 Å². The van der Waals surface area contributed by atoms with Gasteiger partial charge in [0.05, 0.1) is 5.69 Å². The number of anilines is 1. The molecule has 0 saturated carbocycles. The van der Waals surface area contributed by atoms with Crippen LogP contribution in [-0.2, 0) is 0 Å². The second kappa shape index (κ2) is 7.11. The summed E-state index contributed by atoms with van der Waals surface area (Å²) in [5.74, 6) is -0.0206. The molecule has 138 valence electrons. The third kappa shape index (κ3) is 3.21. The standard InChI is InChI=1S/C18H13N7O3/c26-16(23-14-8-15(22-10-21-14)24-7-6-19-11-24)13-9-20-18(28)25(17(13)27)12-4-2-1-3-5-12/h1-11H,(H,20,28)(H,21,22,23,26). The van der Waals surface area contributed by atoms with Crippen LogP contribution in [0.2, 0.25) is 0 Å². The van der Waals surface area contributed by atoms with E-state index in [1.54, 1.807) is 53.6 Å². The molecular formula is C18H13N7O3. The summed E-state index contributed by atoms with van der Waals surface area (Å²) in [5.41, 5.74) is -1.26. The van der Waals surface area contributed by atoms with Crippen molar-refractivity contribution in [1.29, 1.82) is 0 Å². The van der Waals surface area contributed by atoms with Crippen molar-refractivity contribution in [3.05, 3.63) is 94.0 Å². The Balaban J connectivity index is 1.67. The van der Waals surface area contributed by atoms with Gasteiger partial charge in [0.15, 0.2) is 0 Å². The van der Waals surface area contributed by atoms with Crippen molar-refractivity contribution in [3.8, 4) is 11.5 Å². The van der Waals surface area contributed by atoms with Crippen LogP contribution >= 0.6 is 0 Å². The molecule has 0 aliphatic carbocycles. The highest BCUT2D eigenvalue weighted by molar-refractivity contribution is 6.03. The van der Waals surface area contributed by atoms with E-state index in [9.17, 15) is 14.4 Å². The van der Waals surface area contributed by atoms with Crippen molar-refractivity contribution in [2.75, 3.05) is 5.32 Å². The number of carbonyl (C=O) groups excluding carboxylic acids is 1. The van der Waals surface area contributed by atoms with Gasteiger partial charge in [-0.05, 0) is 12.1 Å². The molecule has 0 aliphatic heterocycles. The fourth-order valence-electron chi connectivity index (χ4n) is 2.58. The van der Waals surface area contributed by atoms with Crippen LogP contribution in [0.4, 0.5) is 5.82 Å². The number of nitrogens with zero attached hydrogens (tertiary/aromatic N) is 5. The van der Waals surface area contributed by atoms with Crippen LogP contribution in [0.25, 0.3) is 11.5 Å². The van der Waals surface area contributed by atoms with Gasteiger partial charge in [-0.1, -0.05) is 18.2 Å². The lowest BCUT2D eigenvalue weighted by Crippen LogP contribution is -2.38. The van der Waals surface area contributed by atoms with Gasteiger partial charge < -0.3 is 10.3 Å². The minimum absolute atomic E-state index is 0.195. The van der Waals surface area contributed by atoms with E-state index in [-0.39, 0.29) is 11.4 Å². The van der Waals surface area contributed by atoms with E-state index in [0.717, 1.165) is 10.8 Å². The average Bonchev–Trinajstić information content (AvgIpc) is 3.24. The number of nitrogens with one attached hydrogen (secondary N) is 2. The molecule has 0 saturated heterocycles. The highest BCUT2D eigenvalue weighted by atomic mass is 16.2. The van der Waals surface area contributed by atoms with Crippen molar-refractivity contribution in [2.45, 2.75) is 0 Å². The topological polar surface area (TPSA) is 128 Å². The molecule has 10 heteroatoms. The summed E-state index contributed by atoms with van der Waals surface area (Å²) in [6, 6.07) is 9.85. The third-order valence-corrected chi connectivity index (χ3v) is 3.90. The molecule has 0 atom stereocenters. The van der Waals surface area contributed by atoms with Gasteiger partial charge in [0.25, 0.3) is 11.5 Å². The number of hydrogen-bond acceptors (Lipinski definition) is 6. The first-order valence-electron chi connectivity index (χ1n) is 8.15. The quantitative estimate of drug-likeness (QED) is 0.542. The Labute approximate surface area is 157 Å².